The molecule has 0 saturated heterocycles. The Kier molecular flexibility index (Phi) is 6.89. The number of hydrogen-bond acceptors (Lipinski definition) is 4. The second kappa shape index (κ2) is 12.4. The number of benzene rings is 10. The number of hydrogen-bond donors (Lipinski definition) is 0. The van der Waals surface area contributed by atoms with E-state index in [-0.39, 0.29) is 0 Å². The van der Waals surface area contributed by atoms with Gasteiger partial charge in [0.2, 0.25) is 5.89 Å². The molecule has 0 fully saturated rings. The molecule has 0 aliphatic heterocycles. The average molecular weight is 729 g/mol. The van der Waals surface area contributed by atoms with Gasteiger partial charge < -0.3 is 13.7 Å². The van der Waals surface area contributed by atoms with Gasteiger partial charge in [0.25, 0.3) is 0 Å². The Morgan fingerprint density at radius 3 is 1.77 bits per heavy atom. The second-order valence-corrected chi connectivity index (χ2v) is 14.7. The van der Waals surface area contributed by atoms with E-state index in [1.807, 2.05) is 30.3 Å². The zero-order valence-corrected chi connectivity index (χ0v) is 30.7. The SMILES string of the molecule is c1ccc(-c2cccc(N(c3ccc4c(c3)oc3cccc(-c5nc6ccc7ccccc7c6o5)c34)c3ccc4c5ccccc5c5ccccc5c4c3)c2)cc1. The minimum atomic E-state index is 0.578. The van der Waals surface area contributed by atoms with Gasteiger partial charge in [0.05, 0.1) is 0 Å². The Morgan fingerprint density at radius 1 is 0.368 bits per heavy atom. The molecule has 0 bridgehead atoms. The van der Waals surface area contributed by atoms with Gasteiger partial charge in [-0.25, -0.2) is 4.98 Å². The first-order valence-electron chi connectivity index (χ1n) is 19.3. The van der Waals surface area contributed by atoms with Crippen LogP contribution in [0.5, 0.6) is 0 Å². The summed E-state index contributed by atoms with van der Waals surface area (Å²) in [5.74, 6) is 0.578. The summed E-state index contributed by atoms with van der Waals surface area (Å²) in [7, 11) is 0. The largest absolute Gasteiger partial charge is 0.456 e. The lowest BCUT2D eigenvalue weighted by molar-refractivity contribution is 0.623. The van der Waals surface area contributed by atoms with E-state index < -0.39 is 0 Å². The van der Waals surface area contributed by atoms with E-state index in [0.29, 0.717) is 5.89 Å². The highest BCUT2D eigenvalue weighted by Gasteiger charge is 2.21. The topological polar surface area (TPSA) is 42.4 Å². The van der Waals surface area contributed by atoms with Crippen molar-refractivity contribution >= 4 is 93.2 Å². The van der Waals surface area contributed by atoms with E-state index >= 15 is 0 Å². The van der Waals surface area contributed by atoms with E-state index in [1.54, 1.807) is 0 Å². The maximum absolute atomic E-state index is 6.69. The first-order valence-corrected chi connectivity index (χ1v) is 19.3. The molecular weight excluding hydrogens is 697 g/mol. The highest BCUT2D eigenvalue weighted by molar-refractivity contribution is 6.26. The fourth-order valence-corrected chi connectivity index (χ4v) is 8.84. The molecule has 0 radical (unpaired) electrons. The fraction of sp³-hybridized carbons (Fsp3) is 0. The van der Waals surface area contributed by atoms with Gasteiger partial charge in [-0.1, -0.05) is 133 Å². The lowest BCUT2D eigenvalue weighted by atomic mass is 9.94. The third-order valence-electron chi connectivity index (χ3n) is 11.4. The third-order valence-corrected chi connectivity index (χ3v) is 11.4. The summed E-state index contributed by atoms with van der Waals surface area (Å²) in [6, 6.07) is 68.7. The molecule has 2 heterocycles. The number of fused-ring (bicyclic) bond motifs is 12. The molecule has 0 aliphatic rings. The smallest absolute Gasteiger partial charge is 0.228 e. The summed E-state index contributed by atoms with van der Waals surface area (Å²) in [5, 5.41) is 11.6. The van der Waals surface area contributed by atoms with Crippen molar-refractivity contribution in [1.29, 1.82) is 0 Å². The highest BCUT2D eigenvalue weighted by atomic mass is 16.3. The van der Waals surface area contributed by atoms with Crippen molar-refractivity contribution in [1.82, 2.24) is 4.98 Å². The summed E-state index contributed by atoms with van der Waals surface area (Å²) in [5.41, 5.74) is 9.52. The molecule has 12 aromatic rings. The predicted octanol–water partition coefficient (Wildman–Crippen LogP) is 15.1. The fourth-order valence-electron chi connectivity index (χ4n) is 8.84. The van der Waals surface area contributed by atoms with E-state index in [1.165, 1.54) is 37.9 Å². The molecule has 0 N–H and O–H groups in total. The first kappa shape index (κ1) is 31.6. The molecule has 10 aromatic carbocycles. The van der Waals surface area contributed by atoms with Gasteiger partial charge >= 0.3 is 0 Å². The lowest BCUT2D eigenvalue weighted by Crippen LogP contribution is -2.10. The molecule has 4 heteroatoms. The van der Waals surface area contributed by atoms with Crippen molar-refractivity contribution in [3.63, 3.8) is 0 Å². The van der Waals surface area contributed by atoms with Crippen LogP contribution in [0.2, 0.25) is 0 Å². The zero-order valence-electron chi connectivity index (χ0n) is 30.7. The van der Waals surface area contributed by atoms with Gasteiger partial charge in [0, 0.05) is 44.9 Å². The number of anilines is 3. The summed E-state index contributed by atoms with van der Waals surface area (Å²) in [6.45, 7) is 0. The molecule has 0 amide bonds. The van der Waals surface area contributed by atoms with Crippen LogP contribution < -0.4 is 4.90 Å². The Balaban J connectivity index is 1.06. The maximum Gasteiger partial charge on any atom is 0.228 e. The van der Waals surface area contributed by atoms with Crippen LogP contribution in [0.25, 0.3) is 98.7 Å². The van der Waals surface area contributed by atoms with Gasteiger partial charge in [-0.3, -0.25) is 0 Å². The summed E-state index contributed by atoms with van der Waals surface area (Å²) >= 11 is 0. The quantitative estimate of drug-likeness (QED) is 0.166. The Morgan fingerprint density at radius 2 is 0.982 bits per heavy atom. The monoisotopic (exact) mass is 728 g/mol. The lowest BCUT2D eigenvalue weighted by Gasteiger charge is -2.26. The number of aromatic nitrogens is 1. The summed E-state index contributed by atoms with van der Waals surface area (Å²) in [6.07, 6.45) is 0. The van der Waals surface area contributed by atoms with Crippen molar-refractivity contribution in [2.75, 3.05) is 4.90 Å². The van der Waals surface area contributed by atoms with Crippen LogP contribution >= 0.6 is 0 Å². The highest BCUT2D eigenvalue weighted by Crippen LogP contribution is 2.44. The second-order valence-electron chi connectivity index (χ2n) is 14.7. The third kappa shape index (κ3) is 4.98. The van der Waals surface area contributed by atoms with E-state index in [0.717, 1.165) is 72.0 Å². The van der Waals surface area contributed by atoms with Crippen LogP contribution in [0.15, 0.2) is 203 Å². The number of oxazole rings is 1. The Bertz CT molecular complexity index is 3510. The first-order chi connectivity index (χ1) is 28.2. The van der Waals surface area contributed by atoms with Crippen molar-refractivity contribution < 1.29 is 8.83 Å². The predicted molar refractivity (Wildman–Crippen MR) is 237 cm³/mol. The van der Waals surface area contributed by atoms with E-state index in [9.17, 15) is 0 Å². The van der Waals surface area contributed by atoms with Gasteiger partial charge in [0.1, 0.15) is 16.7 Å². The minimum Gasteiger partial charge on any atom is -0.456 e. The van der Waals surface area contributed by atoms with Crippen molar-refractivity contribution in [2.24, 2.45) is 0 Å². The molecule has 0 saturated carbocycles. The Labute approximate surface area is 327 Å². The normalized spacial score (nSPS) is 11.9. The molecule has 2 aromatic heterocycles. The molecule has 266 valence electrons. The Hall–Kier alpha value is -7.69. The molecule has 0 unspecified atom stereocenters. The standard InChI is InChI=1S/C53H32N2O2/c1-2-12-33(13-3-1)35-15-10-16-36(30-35)55(37-25-27-44-42-20-7-6-18-40(42)41-19-8-9-21-43(41)47(44)31-37)38-26-28-45-50(32-38)56-49-23-11-22-46(51(45)49)53-54-48-29-24-34-14-4-5-17-39(34)52(48)57-53/h1-32H. The van der Waals surface area contributed by atoms with Crippen LogP contribution in [0, 0.1) is 0 Å². The summed E-state index contributed by atoms with van der Waals surface area (Å²) in [4.78, 5) is 7.32. The minimum absolute atomic E-state index is 0.578. The van der Waals surface area contributed by atoms with Crippen LogP contribution in [-0.2, 0) is 0 Å². The zero-order chi connectivity index (χ0) is 37.5. The van der Waals surface area contributed by atoms with Gasteiger partial charge in [-0.2, -0.15) is 0 Å². The van der Waals surface area contributed by atoms with Crippen molar-refractivity contribution in [2.45, 2.75) is 0 Å². The van der Waals surface area contributed by atoms with Crippen LogP contribution in [-0.4, -0.2) is 4.98 Å². The molecule has 12 rings (SSSR count). The van der Waals surface area contributed by atoms with Gasteiger partial charge in [-0.15, -0.1) is 0 Å². The van der Waals surface area contributed by atoms with E-state index in [4.69, 9.17) is 13.8 Å². The molecule has 57 heavy (non-hydrogen) atoms. The van der Waals surface area contributed by atoms with Crippen LogP contribution in [0.3, 0.4) is 0 Å². The van der Waals surface area contributed by atoms with Crippen molar-refractivity contribution in [3.8, 4) is 22.6 Å². The van der Waals surface area contributed by atoms with Gasteiger partial charge in [0.15, 0.2) is 5.58 Å². The number of rotatable bonds is 5. The van der Waals surface area contributed by atoms with Crippen LogP contribution in [0.4, 0.5) is 17.1 Å². The molecular formula is C53H32N2O2. The number of nitrogens with zero attached hydrogens (tertiary/aromatic N) is 2. The van der Waals surface area contributed by atoms with Crippen molar-refractivity contribution in [3.05, 3.63) is 194 Å². The average Bonchev–Trinajstić information content (AvgIpc) is 3.89. The molecule has 0 aliphatic carbocycles. The molecule has 0 spiro atoms. The maximum atomic E-state index is 6.69. The number of furan rings is 1. The van der Waals surface area contributed by atoms with Gasteiger partial charge in [-0.05, 0) is 103 Å². The molecule has 0 atom stereocenters. The van der Waals surface area contributed by atoms with E-state index in [2.05, 4.69) is 169 Å². The summed E-state index contributed by atoms with van der Waals surface area (Å²) < 4.78 is 13.2. The molecule has 4 nitrogen and oxygen atoms in total. The van der Waals surface area contributed by atoms with Crippen LogP contribution in [0.1, 0.15) is 0 Å².